The van der Waals surface area contributed by atoms with Crippen molar-refractivity contribution in [1.82, 2.24) is 14.5 Å². The fourth-order valence-electron chi connectivity index (χ4n) is 3.49. The third-order valence-electron chi connectivity index (χ3n) is 4.81. The molecule has 0 spiro atoms. The van der Waals surface area contributed by atoms with E-state index in [-0.39, 0.29) is 5.91 Å². The lowest BCUT2D eigenvalue weighted by molar-refractivity contribution is -0.132. The van der Waals surface area contributed by atoms with Gasteiger partial charge in [0.15, 0.2) is 0 Å². The fraction of sp³-hybridized carbons (Fsp3) is 0.300. The standard InChI is InChI=1S/C20H21N3O2/c1-25-18-9-5-2-6-15(18)10-11-20(24)22-12-13-23-17-8-4-3-7-16(17)21-19(23)14-22/h2-9H,10-14H2,1H3. The number of carbonyl (C=O) groups is 1. The monoisotopic (exact) mass is 335 g/mol. The molecular weight excluding hydrogens is 314 g/mol. The number of benzene rings is 2. The van der Waals surface area contributed by atoms with Crippen molar-refractivity contribution < 1.29 is 9.53 Å². The smallest absolute Gasteiger partial charge is 0.223 e. The lowest BCUT2D eigenvalue weighted by Gasteiger charge is -2.28. The van der Waals surface area contributed by atoms with Crippen LogP contribution >= 0.6 is 0 Å². The minimum absolute atomic E-state index is 0.171. The van der Waals surface area contributed by atoms with E-state index in [1.54, 1.807) is 7.11 Å². The molecule has 1 aliphatic rings. The highest BCUT2D eigenvalue weighted by atomic mass is 16.5. The van der Waals surface area contributed by atoms with Crippen molar-refractivity contribution in [2.24, 2.45) is 0 Å². The summed E-state index contributed by atoms with van der Waals surface area (Å²) in [6, 6.07) is 16.0. The average molecular weight is 335 g/mol. The van der Waals surface area contributed by atoms with Gasteiger partial charge in [-0.3, -0.25) is 4.79 Å². The summed E-state index contributed by atoms with van der Waals surface area (Å²) in [5, 5.41) is 0. The minimum atomic E-state index is 0.171. The number of amides is 1. The van der Waals surface area contributed by atoms with Crippen molar-refractivity contribution in [3.05, 3.63) is 59.9 Å². The summed E-state index contributed by atoms with van der Waals surface area (Å²) in [6.45, 7) is 2.12. The molecule has 5 heteroatoms. The van der Waals surface area contributed by atoms with Gasteiger partial charge in [0.1, 0.15) is 11.6 Å². The molecule has 4 rings (SSSR count). The number of hydrogen-bond donors (Lipinski definition) is 0. The molecule has 0 fully saturated rings. The van der Waals surface area contributed by atoms with Crippen LogP contribution in [0.25, 0.3) is 11.0 Å². The summed E-state index contributed by atoms with van der Waals surface area (Å²) < 4.78 is 7.59. The van der Waals surface area contributed by atoms with E-state index in [0.29, 0.717) is 19.4 Å². The number of nitrogens with zero attached hydrogens (tertiary/aromatic N) is 3. The van der Waals surface area contributed by atoms with E-state index in [2.05, 4.69) is 15.6 Å². The molecule has 0 N–H and O–H groups in total. The number of carbonyl (C=O) groups excluding carboxylic acids is 1. The highest BCUT2D eigenvalue weighted by molar-refractivity contribution is 5.78. The highest BCUT2D eigenvalue weighted by Crippen LogP contribution is 2.22. The molecule has 0 aliphatic carbocycles. The maximum absolute atomic E-state index is 12.6. The number of para-hydroxylation sites is 3. The Labute approximate surface area is 146 Å². The largest absolute Gasteiger partial charge is 0.496 e. The Balaban J connectivity index is 1.45. The van der Waals surface area contributed by atoms with E-state index in [1.165, 1.54) is 0 Å². The lowest BCUT2D eigenvalue weighted by Crippen LogP contribution is -2.38. The Morgan fingerprint density at radius 1 is 1.12 bits per heavy atom. The molecule has 1 aliphatic heterocycles. The van der Waals surface area contributed by atoms with Gasteiger partial charge in [0.25, 0.3) is 0 Å². The van der Waals surface area contributed by atoms with Gasteiger partial charge < -0.3 is 14.2 Å². The van der Waals surface area contributed by atoms with E-state index in [0.717, 1.165) is 41.3 Å². The first-order valence-corrected chi connectivity index (χ1v) is 8.60. The van der Waals surface area contributed by atoms with E-state index in [9.17, 15) is 4.79 Å². The van der Waals surface area contributed by atoms with Crippen LogP contribution in [0.2, 0.25) is 0 Å². The molecule has 1 amide bonds. The van der Waals surface area contributed by atoms with Crippen molar-refractivity contribution in [2.75, 3.05) is 13.7 Å². The number of fused-ring (bicyclic) bond motifs is 3. The Kier molecular flexibility index (Phi) is 4.14. The number of hydrogen-bond acceptors (Lipinski definition) is 3. The van der Waals surface area contributed by atoms with Crippen LogP contribution in [0, 0.1) is 0 Å². The number of imidazole rings is 1. The van der Waals surface area contributed by atoms with Crippen molar-refractivity contribution in [3.8, 4) is 5.75 Å². The third-order valence-corrected chi connectivity index (χ3v) is 4.81. The highest BCUT2D eigenvalue weighted by Gasteiger charge is 2.23. The van der Waals surface area contributed by atoms with Gasteiger partial charge in [-0.2, -0.15) is 0 Å². The molecule has 0 saturated carbocycles. The fourth-order valence-corrected chi connectivity index (χ4v) is 3.49. The van der Waals surface area contributed by atoms with Crippen LogP contribution in [0.1, 0.15) is 17.8 Å². The van der Waals surface area contributed by atoms with E-state index < -0.39 is 0 Å². The maximum Gasteiger partial charge on any atom is 0.223 e. The number of aromatic nitrogens is 2. The number of methoxy groups -OCH3 is 1. The molecule has 25 heavy (non-hydrogen) atoms. The molecule has 0 bridgehead atoms. The van der Waals surface area contributed by atoms with Crippen molar-refractivity contribution in [2.45, 2.75) is 25.9 Å². The van der Waals surface area contributed by atoms with Crippen LogP contribution in [-0.2, 0) is 24.3 Å². The molecule has 2 heterocycles. The Hall–Kier alpha value is -2.82. The maximum atomic E-state index is 12.6. The van der Waals surface area contributed by atoms with Crippen LogP contribution < -0.4 is 4.74 Å². The zero-order chi connectivity index (χ0) is 17.2. The zero-order valence-corrected chi connectivity index (χ0v) is 14.3. The predicted molar refractivity (Wildman–Crippen MR) is 96.5 cm³/mol. The second-order valence-electron chi connectivity index (χ2n) is 6.30. The molecular formula is C20H21N3O2. The molecule has 2 aromatic carbocycles. The summed E-state index contributed by atoms with van der Waals surface area (Å²) >= 11 is 0. The first kappa shape index (κ1) is 15.7. The van der Waals surface area contributed by atoms with Gasteiger partial charge in [-0.05, 0) is 30.2 Å². The van der Waals surface area contributed by atoms with Gasteiger partial charge in [-0.15, -0.1) is 0 Å². The van der Waals surface area contributed by atoms with Crippen LogP contribution in [0.4, 0.5) is 0 Å². The van der Waals surface area contributed by atoms with Gasteiger partial charge in [0.05, 0.1) is 24.7 Å². The Morgan fingerprint density at radius 3 is 2.80 bits per heavy atom. The minimum Gasteiger partial charge on any atom is -0.496 e. The topological polar surface area (TPSA) is 47.4 Å². The third kappa shape index (κ3) is 2.97. The summed E-state index contributed by atoms with van der Waals surface area (Å²) in [7, 11) is 1.66. The van der Waals surface area contributed by atoms with Gasteiger partial charge >= 0.3 is 0 Å². The second-order valence-corrected chi connectivity index (χ2v) is 6.30. The Bertz CT molecular complexity index is 916. The lowest BCUT2D eigenvalue weighted by atomic mass is 10.1. The van der Waals surface area contributed by atoms with Crippen LogP contribution in [0.5, 0.6) is 5.75 Å². The summed E-state index contributed by atoms with van der Waals surface area (Å²) in [6.07, 6.45) is 1.18. The van der Waals surface area contributed by atoms with Gasteiger partial charge in [0, 0.05) is 19.5 Å². The van der Waals surface area contributed by atoms with Crippen LogP contribution in [0.3, 0.4) is 0 Å². The van der Waals surface area contributed by atoms with Gasteiger partial charge in [-0.1, -0.05) is 30.3 Å². The van der Waals surface area contributed by atoms with Gasteiger partial charge in [-0.25, -0.2) is 4.98 Å². The SMILES string of the molecule is COc1ccccc1CCC(=O)N1CCn2c(nc3ccccc32)C1. The first-order valence-electron chi connectivity index (χ1n) is 8.60. The van der Waals surface area contributed by atoms with E-state index >= 15 is 0 Å². The average Bonchev–Trinajstić information content (AvgIpc) is 3.04. The number of ether oxygens (including phenoxy) is 1. The van der Waals surface area contributed by atoms with Gasteiger partial charge in [0.2, 0.25) is 5.91 Å². The first-order chi connectivity index (χ1) is 12.3. The molecule has 3 aromatic rings. The zero-order valence-electron chi connectivity index (χ0n) is 14.3. The van der Waals surface area contributed by atoms with Crippen molar-refractivity contribution in [1.29, 1.82) is 0 Å². The predicted octanol–water partition coefficient (Wildman–Crippen LogP) is 3.02. The van der Waals surface area contributed by atoms with Crippen LogP contribution in [0.15, 0.2) is 48.5 Å². The second kappa shape index (κ2) is 6.59. The van der Waals surface area contributed by atoms with E-state index in [1.807, 2.05) is 47.4 Å². The molecule has 128 valence electrons. The Morgan fingerprint density at radius 2 is 1.92 bits per heavy atom. The van der Waals surface area contributed by atoms with Crippen molar-refractivity contribution >= 4 is 16.9 Å². The summed E-state index contributed by atoms with van der Waals surface area (Å²) in [5.41, 5.74) is 3.22. The number of rotatable bonds is 4. The number of aryl methyl sites for hydroxylation is 1. The van der Waals surface area contributed by atoms with Crippen molar-refractivity contribution in [3.63, 3.8) is 0 Å². The molecule has 5 nitrogen and oxygen atoms in total. The normalized spacial score (nSPS) is 13.7. The van der Waals surface area contributed by atoms with E-state index in [4.69, 9.17) is 4.74 Å². The quantitative estimate of drug-likeness (QED) is 0.736. The van der Waals surface area contributed by atoms with Crippen LogP contribution in [-0.4, -0.2) is 34.0 Å². The molecule has 0 saturated heterocycles. The summed E-state index contributed by atoms with van der Waals surface area (Å²) in [5.74, 6) is 1.98. The summed E-state index contributed by atoms with van der Waals surface area (Å²) in [4.78, 5) is 19.2. The molecule has 1 aromatic heterocycles. The molecule has 0 atom stereocenters. The molecule has 0 unspecified atom stereocenters. The molecule has 0 radical (unpaired) electrons.